The van der Waals surface area contributed by atoms with E-state index < -0.39 is 5.60 Å². The average Bonchev–Trinajstić information content (AvgIpc) is 2.73. The third-order valence-corrected chi connectivity index (χ3v) is 8.85. The van der Waals surface area contributed by atoms with Crippen LogP contribution >= 0.6 is 0 Å². The van der Waals surface area contributed by atoms with E-state index in [1.165, 1.54) is 25.3 Å². The first-order chi connectivity index (χ1) is 12.8. The van der Waals surface area contributed by atoms with Gasteiger partial charge in [-0.1, -0.05) is 68.9 Å². The molecule has 27 heavy (non-hydrogen) atoms. The van der Waals surface area contributed by atoms with E-state index in [0.717, 1.165) is 38.5 Å². The maximum Gasteiger partial charge on any atom is 0.330 e. The summed E-state index contributed by atoms with van der Waals surface area (Å²) in [4.78, 5) is 12.4. The van der Waals surface area contributed by atoms with Crippen LogP contribution in [-0.2, 0) is 9.53 Å². The molecule has 0 unspecified atom stereocenters. The highest BCUT2D eigenvalue weighted by Gasteiger charge is 2.65. The zero-order chi connectivity index (χ0) is 21.4. The second-order valence-corrected chi connectivity index (χ2v) is 8.25. The lowest BCUT2D eigenvalue weighted by atomic mass is 9.40. The average molecular weight is 381 g/mol. The molecule has 0 aliphatic heterocycles. The molecule has 0 atom stereocenters. The number of ether oxygens (including phenoxy) is 1. The second-order valence-electron chi connectivity index (χ2n) is 8.25. The topological polar surface area (TPSA) is 26.3 Å². The molecule has 0 spiro atoms. The Morgan fingerprint density at radius 2 is 1.04 bits per heavy atom. The Balaban J connectivity index is 7.12. The highest BCUT2D eigenvalue weighted by Crippen LogP contribution is 2.68. The van der Waals surface area contributed by atoms with Crippen molar-refractivity contribution in [2.24, 2.45) is 16.2 Å². The van der Waals surface area contributed by atoms with Crippen molar-refractivity contribution in [2.45, 2.75) is 126 Å². The summed E-state index contributed by atoms with van der Waals surface area (Å²) < 4.78 is 6.31. The van der Waals surface area contributed by atoms with Gasteiger partial charge in [-0.25, -0.2) is 4.79 Å². The molecule has 160 valence electrons. The molecule has 0 N–H and O–H groups in total. The Labute approximate surface area is 170 Å². The minimum atomic E-state index is -0.460. The molecule has 0 saturated carbocycles. The van der Waals surface area contributed by atoms with Crippen molar-refractivity contribution in [3.63, 3.8) is 0 Å². The molecule has 2 heteroatoms. The van der Waals surface area contributed by atoms with Gasteiger partial charge in [-0.2, -0.15) is 0 Å². The van der Waals surface area contributed by atoms with Crippen LogP contribution in [0.2, 0.25) is 0 Å². The van der Waals surface area contributed by atoms with Gasteiger partial charge in [0.1, 0.15) is 5.60 Å². The molecular weight excluding hydrogens is 332 g/mol. The predicted molar refractivity (Wildman–Crippen MR) is 119 cm³/mol. The van der Waals surface area contributed by atoms with Gasteiger partial charge >= 0.3 is 5.97 Å². The Morgan fingerprint density at radius 1 is 0.667 bits per heavy atom. The van der Waals surface area contributed by atoms with E-state index in [4.69, 9.17) is 4.74 Å². The van der Waals surface area contributed by atoms with Crippen LogP contribution in [0.5, 0.6) is 0 Å². The molecule has 0 fully saturated rings. The number of hydrogen-bond donors (Lipinski definition) is 0. The summed E-state index contributed by atoms with van der Waals surface area (Å²) in [5.41, 5.74) is -0.153. The molecule has 0 aliphatic carbocycles. The van der Waals surface area contributed by atoms with Crippen LogP contribution in [0, 0.1) is 16.2 Å². The van der Waals surface area contributed by atoms with Crippen molar-refractivity contribution in [3.05, 3.63) is 12.7 Å². The van der Waals surface area contributed by atoms with Gasteiger partial charge in [0, 0.05) is 11.5 Å². The van der Waals surface area contributed by atoms with Gasteiger partial charge in [0.05, 0.1) is 0 Å². The molecule has 2 nitrogen and oxygen atoms in total. The maximum absolute atomic E-state index is 12.4. The lowest BCUT2D eigenvalue weighted by Gasteiger charge is -2.66. The Bertz CT molecular complexity index is 439. The SMILES string of the molecule is C=CC(=O)OC(CC)(CC)C(CC)(CC)C(CC)(CC)C(CC)(CC)CC. The first-order valence-electron chi connectivity index (χ1n) is 11.6. The molecule has 0 amide bonds. The Hall–Kier alpha value is -0.790. The third-order valence-electron chi connectivity index (χ3n) is 8.85. The van der Waals surface area contributed by atoms with Crippen LogP contribution in [0.3, 0.4) is 0 Å². The fourth-order valence-corrected chi connectivity index (χ4v) is 7.36. The lowest BCUT2D eigenvalue weighted by Crippen LogP contribution is -2.64. The number of carbonyl (C=O) groups excluding carboxylic acids is 1. The van der Waals surface area contributed by atoms with Crippen molar-refractivity contribution in [1.82, 2.24) is 0 Å². The molecule has 0 radical (unpaired) electrons. The lowest BCUT2D eigenvalue weighted by molar-refractivity contribution is -0.232. The van der Waals surface area contributed by atoms with Crippen molar-refractivity contribution in [2.75, 3.05) is 0 Å². The molecular formula is C25H48O2. The van der Waals surface area contributed by atoms with Gasteiger partial charge in [-0.05, 0) is 68.6 Å². The number of hydrogen-bond acceptors (Lipinski definition) is 2. The highest BCUT2D eigenvalue weighted by atomic mass is 16.6. The van der Waals surface area contributed by atoms with E-state index in [0.29, 0.717) is 0 Å². The van der Waals surface area contributed by atoms with Gasteiger partial charge in [-0.15, -0.1) is 0 Å². The maximum atomic E-state index is 12.4. The van der Waals surface area contributed by atoms with Gasteiger partial charge < -0.3 is 4.74 Å². The summed E-state index contributed by atoms with van der Waals surface area (Å²) in [7, 11) is 0. The van der Waals surface area contributed by atoms with Gasteiger partial charge in [-0.3, -0.25) is 0 Å². The highest BCUT2D eigenvalue weighted by molar-refractivity contribution is 5.81. The molecule has 0 saturated heterocycles. The summed E-state index contributed by atoms with van der Waals surface area (Å²) in [5.74, 6) is -0.277. The molecule has 0 bridgehead atoms. The van der Waals surface area contributed by atoms with Gasteiger partial charge in [0.15, 0.2) is 0 Å². The first-order valence-corrected chi connectivity index (χ1v) is 11.6. The molecule has 0 aromatic heterocycles. The summed E-state index contributed by atoms with van der Waals surface area (Å²) in [6.07, 6.45) is 10.8. The predicted octanol–water partition coefficient (Wildman–Crippen LogP) is 8.10. The molecule has 0 heterocycles. The van der Waals surface area contributed by atoms with Crippen LogP contribution in [0.25, 0.3) is 0 Å². The standard InChI is InChI=1S/C25H48O2/c1-11-21(26)27-25(19-9,20-10)24(17-7,18-8)23(15-5,16-6)22(12-2,13-3)14-4/h11H,1,12-20H2,2-10H3. The quantitative estimate of drug-likeness (QED) is 0.225. The van der Waals surface area contributed by atoms with Crippen molar-refractivity contribution >= 4 is 5.97 Å². The first kappa shape index (κ1) is 26.2. The molecule has 0 aliphatic rings. The van der Waals surface area contributed by atoms with E-state index in [9.17, 15) is 4.79 Å². The smallest absolute Gasteiger partial charge is 0.330 e. The number of esters is 1. The van der Waals surface area contributed by atoms with Gasteiger partial charge in [0.2, 0.25) is 0 Å². The van der Waals surface area contributed by atoms with Gasteiger partial charge in [0.25, 0.3) is 0 Å². The summed E-state index contributed by atoms with van der Waals surface area (Å²) in [5, 5.41) is 0. The zero-order valence-corrected chi connectivity index (χ0v) is 20.0. The third kappa shape index (κ3) is 3.75. The Morgan fingerprint density at radius 3 is 1.26 bits per heavy atom. The molecule has 0 aromatic rings. The van der Waals surface area contributed by atoms with E-state index in [-0.39, 0.29) is 22.2 Å². The number of carbonyl (C=O) groups is 1. The van der Waals surface area contributed by atoms with Crippen LogP contribution < -0.4 is 0 Å². The van der Waals surface area contributed by atoms with Crippen molar-refractivity contribution in [1.29, 1.82) is 0 Å². The van der Waals surface area contributed by atoms with Crippen molar-refractivity contribution in [3.8, 4) is 0 Å². The fraction of sp³-hybridized carbons (Fsp3) is 0.880. The van der Waals surface area contributed by atoms with E-state index in [2.05, 4.69) is 68.9 Å². The minimum absolute atomic E-state index is 0.0618. The minimum Gasteiger partial charge on any atom is -0.455 e. The van der Waals surface area contributed by atoms with E-state index in [1.54, 1.807) is 0 Å². The van der Waals surface area contributed by atoms with Crippen LogP contribution in [0.1, 0.15) is 120 Å². The van der Waals surface area contributed by atoms with E-state index >= 15 is 0 Å². The molecule has 0 aromatic carbocycles. The Kier molecular flexibility index (Phi) is 10.4. The normalized spacial score (nSPS) is 13.5. The van der Waals surface area contributed by atoms with Crippen LogP contribution in [-0.4, -0.2) is 11.6 Å². The summed E-state index contributed by atoms with van der Waals surface area (Å²) in [6.45, 7) is 24.5. The van der Waals surface area contributed by atoms with Crippen LogP contribution in [0.4, 0.5) is 0 Å². The second kappa shape index (κ2) is 10.7. The summed E-state index contributed by atoms with van der Waals surface area (Å²) >= 11 is 0. The fourth-order valence-electron chi connectivity index (χ4n) is 7.36. The monoisotopic (exact) mass is 380 g/mol. The van der Waals surface area contributed by atoms with E-state index in [1.807, 2.05) is 0 Å². The zero-order valence-electron chi connectivity index (χ0n) is 20.0. The van der Waals surface area contributed by atoms with Crippen LogP contribution in [0.15, 0.2) is 12.7 Å². The number of rotatable bonds is 14. The van der Waals surface area contributed by atoms with Crippen molar-refractivity contribution < 1.29 is 9.53 Å². The largest absolute Gasteiger partial charge is 0.455 e. The molecule has 0 rings (SSSR count). The summed E-state index contributed by atoms with van der Waals surface area (Å²) in [6, 6.07) is 0.